The first-order chi connectivity index (χ1) is 21.1. The SMILES string of the molecule is C.CCN(CC)CCC1(CCN(CC)CC)CCCCC1.CC[N+](C)(CC)CCC1(CC[N+](C)(CC)CC)CCCCC1.CI.[I-].[I-]. The molecule has 0 unspecified atom stereocenters. The zero-order chi connectivity index (χ0) is 33.5. The summed E-state index contributed by atoms with van der Waals surface area (Å²) in [5.41, 5.74) is 1.31. The summed E-state index contributed by atoms with van der Waals surface area (Å²) in [7, 11) is 4.91. The maximum atomic E-state index is 2.60. The van der Waals surface area contributed by atoms with Crippen molar-refractivity contribution in [1.82, 2.24) is 9.80 Å². The van der Waals surface area contributed by atoms with Crippen molar-refractivity contribution in [3.05, 3.63) is 0 Å². The Morgan fingerprint density at radius 2 is 0.723 bits per heavy atom. The van der Waals surface area contributed by atoms with Gasteiger partial charge < -0.3 is 66.7 Å². The van der Waals surface area contributed by atoms with Crippen molar-refractivity contribution < 1.29 is 56.9 Å². The second kappa shape index (κ2) is 31.5. The molecule has 0 aromatic rings. The Bertz CT molecular complexity index is 608. The van der Waals surface area contributed by atoms with E-state index in [1.165, 1.54) is 177 Å². The lowest BCUT2D eigenvalue weighted by atomic mass is 9.69. The van der Waals surface area contributed by atoms with Crippen molar-refractivity contribution in [1.29, 1.82) is 0 Å². The van der Waals surface area contributed by atoms with Crippen LogP contribution >= 0.6 is 22.6 Å². The van der Waals surface area contributed by atoms with Gasteiger partial charge in [-0.3, -0.25) is 0 Å². The summed E-state index contributed by atoms with van der Waals surface area (Å²) in [6.07, 6.45) is 20.6. The van der Waals surface area contributed by atoms with Crippen molar-refractivity contribution in [3.8, 4) is 0 Å². The topological polar surface area (TPSA) is 6.48 Å². The Kier molecular flexibility index (Phi) is 37.4. The molecule has 0 atom stereocenters. The molecule has 2 fully saturated rings. The molecule has 0 aromatic heterocycles. The fraction of sp³-hybridized carbons (Fsp3) is 1.00. The third kappa shape index (κ3) is 22.0. The number of rotatable bonds is 20. The van der Waals surface area contributed by atoms with Crippen LogP contribution in [0.2, 0.25) is 0 Å². The zero-order valence-corrected chi connectivity index (χ0v) is 39.8. The Morgan fingerprint density at radius 1 is 0.468 bits per heavy atom. The van der Waals surface area contributed by atoms with Gasteiger partial charge in [0.2, 0.25) is 0 Å². The van der Waals surface area contributed by atoms with E-state index in [9.17, 15) is 0 Å². The van der Waals surface area contributed by atoms with Crippen LogP contribution < -0.4 is 48.0 Å². The average molecular weight is 1010 g/mol. The first-order valence-electron chi connectivity index (χ1n) is 19.6. The average Bonchev–Trinajstić information content (AvgIpc) is 3.09. The predicted octanol–water partition coefficient (Wildman–Crippen LogP) is 4.79. The Balaban J connectivity index is -0.000000353. The van der Waals surface area contributed by atoms with E-state index in [1.54, 1.807) is 0 Å². The lowest BCUT2D eigenvalue weighted by Gasteiger charge is -2.43. The van der Waals surface area contributed by atoms with Gasteiger partial charge in [-0.25, -0.2) is 0 Å². The van der Waals surface area contributed by atoms with Crippen molar-refractivity contribution in [3.63, 3.8) is 0 Å². The van der Waals surface area contributed by atoms with E-state index in [0.717, 1.165) is 0 Å². The minimum atomic E-state index is 0. The third-order valence-electron chi connectivity index (χ3n) is 13.0. The van der Waals surface area contributed by atoms with Gasteiger partial charge in [-0.1, -0.05) is 96.2 Å². The van der Waals surface area contributed by atoms with Gasteiger partial charge in [0.1, 0.15) is 0 Å². The highest BCUT2D eigenvalue weighted by Gasteiger charge is 2.36. The van der Waals surface area contributed by atoms with Crippen LogP contribution in [0.1, 0.15) is 153 Å². The van der Waals surface area contributed by atoms with Gasteiger partial charge in [-0.15, -0.1) is 0 Å². The van der Waals surface area contributed by atoms with Gasteiger partial charge in [-0.2, -0.15) is 0 Å². The highest BCUT2D eigenvalue weighted by molar-refractivity contribution is 14.1. The molecule has 0 radical (unpaired) electrons. The molecule has 0 spiro atoms. The monoisotopic (exact) mass is 1010 g/mol. The summed E-state index contributed by atoms with van der Waals surface area (Å²) in [5, 5.41) is 0. The van der Waals surface area contributed by atoms with Crippen LogP contribution in [-0.4, -0.2) is 116 Å². The molecule has 47 heavy (non-hydrogen) atoms. The van der Waals surface area contributed by atoms with Gasteiger partial charge >= 0.3 is 0 Å². The second-order valence-corrected chi connectivity index (χ2v) is 15.1. The molecule has 2 saturated carbocycles. The third-order valence-corrected chi connectivity index (χ3v) is 13.0. The van der Waals surface area contributed by atoms with Gasteiger partial charge in [0, 0.05) is 12.8 Å². The summed E-state index contributed by atoms with van der Waals surface area (Å²) in [5.74, 6) is 0. The summed E-state index contributed by atoms with van der Waals surface area (Å²) in [6, 6.07) is 0. The summed E-state index contributed by atoms with van der Waals surface area (Å²) >= 11 is 2.15. The largest absolute Gasteiger partial charge is 1.00 e. The molecular formula is C40H89I3N4. The normalized spacial score (nSPS) is 17.2. The fourth-order valence-electron chi connectivity index (χ4n) is 7.82. The molecule has 0 bridgehead atoms. The van der Waals surface area contributed by atoms with E-state index in [2.05, 4.69) is 102 Å². The molecule has 2 aliphatic rings. The summed E-state index contributed by atoms with van der Waals surface area (Å²) in [4.78, 5) is 7.18. The van der Waals surface area contributed by atoms with E-state index < -0.39 is 0 Å². The fourth-order valence-corrected chi connectivity index (χ4v) is 7.82. The van der Waals surface area contributed by atoms with Crippen LogP contribution in [0.4, 0.5) is 0 Å². The van der Waals surface area contributed by atoms with Crippen molar-refractivity contribution in [2.45, 2.75) is 153 Å². The maximum Gasteiger partial charge on any atom is 0.0789 e. The molecular weight excluding hydrogens is 917 g/mol. The van der Waals surface area contributed by atoms with E-state index in [1.807, 2.05) is 4.93 Å². The molecule has 0 saturated heterocycles. The molecule has 4 nitrogen and oxygen atoms in total. The smallest absolute Gasteiger partial charge is 0.0789 e. The Labute approximate surface area is 347 Å². The Hall–Kier alpha value is 2.03. The van der Waals surface area contributed by atoms with E-state index in [0.29, 0.717) is 10.8 Å². The van der Waals surface area contributed by atoms with Gasteiger partial charge in [0.05, 0.1) is 53.4 Å². The number of alkyl halides is 1. The zero-order valence-electron chi connectivity index (χ0n) is 33.3. The first-order valence-corrected chi connectivity index (χ1v) is 21.7. The van der Waals surface area contributed by atoms with Crippen LogP contribution in [0.5, 0.6) is 0 Å². The minimum Gasteiger partial charge on any atom is -1.00 e. The molecule has 2 aliphatic carbocycles. The second-order valence-electron chi connectivity index (χ2n) is 15.1. The molecule has 0 aromatic carbocycles. The van der Waals surface area contributed by atoms with Gasteiger partial charge in [-0.05, 0) is 121 Å². The van der Waals surface area contributed by atoms with Crippen molar-refractivity contribution in [2.75, 3.05) is 97.6 Å². The quantitative estimate of drug-likeness (QED) is 0.0986. The van der Waals surface area contributed by atoms with Crippen LogP contribution in [0.3, 0.4) is 0 Å². The van der Waals surface area contributed by atoms with Crippen molar-refractivity contribution in [2.24, 2.45) is 10.8 Å². The number of nitrogens with zero attached hydrogens (tertiary/aromatic N) is 4. The van der Waals surface area contributed by atoms with Crippen LogP contribution in [0.25, 0.3) is 0 Å². The molecule has 2 rings (SSSR count). The van der Waals surface area contributed by atoms with E-state index >= 15 is 0 Å². The first kappa shape index (κ1) is 55.8. The van der Waals surface area contributed by atoms with E-state index in [4.69, 9.17) is 0 Å². The standard InChI is InChI=1S/C20H44N2.C18H38N2.CH3I.CH4.2HI/c1-7-21(5,8-2)18-16-20(14-12-11-13-15-20)17-19-22(6,9-3)10-4;1-5-19(6-2)16-14-18(12-10-9-11-13-18)15-17-20(7-3)8-4;1-2;;;/h7-19H2,1-6H3;5-17H2,1-4H3;1H3;1H4;2*1H/q+2;;;;;/p-2. The predicted molar refractivity (Wildman–Crippen MR) is 216 cm³/mol. The number of hydrogen-bond acceptors (Lipinski definition) is 2. The van der Waals surface area contributed by atoms with Crippen molar-refractivity contribution >= 4 is 22.6 Å². The van der Waals surface area contributed by atoms with Crippen LogP contribution in [0.15, 0.2) is 0 Å². The lowest BCUT2D eigenvalue weighted by Crippen LogP contribution is -3.00. The van der Waals surface area contributed by atoms with Crippen LogP contribution in [0, 0.1) is 10.8 Å². The molecule has 0 heterocycles. The van der Waals surface area contributed by atoms with E-state index in [-0.39, 0.29) is 55.4 Å². The Morgan fingerprint density at radius 3 is 0.957 bits per heavy atom. The number of halogens is 3. The van der Waals surface area contributed by atoms with Crippen LogP contribution in [-0.2, 0) is 0 Å². The summed E-state index contributed by atoms with van der Waals surface area (Å²) < 4.78 is 2.52. The lowest BCUT2D eigenvalue weighted by molar-refractivity contribution is -0.909. The minimum absolute atomic E-state index is 0. The maximum absolute atomic E-state index is 2.60. The molecule has 0 aliphatic heterocycles. The molecule has 290 valence electrons. The highest BCUT2D eigenvalue weighted by atomic mass is 127. The van der Waals surface area contributed by atoms with Gasteiger partial charge in [0.15, 0.2) is 0 Å². The number of quaternary nitrogens is 2. The highest BCUT2D eigenvalue weighted by Crippen LogP contribution is 2.44. The number of hydrogen-bond donors (Lipinski definition) is 0. The molecule has 0 N–H and O–H groups in total. The molecule has 0 amide bonds. The molecule has 7 heteroatoms. The van der Waals surface area contributed by atoms with Gasteiger partial charge in [0.25, 0.3) is 0 Å². The summed E-state index contributed by atoms with van der Waals surface area (Å²) in [6.45, 7) is 34.0.